The molecular weight excluding hydrogens is 565 g/mol. The standard InChI is InChI=1S/C29H28FN5O8/c1-43-29(40)34-14-12-33(13-15-34)25-11-6-20(16-24(25)32-27(38)19-4-9-22(10-5-19)35(41)42)28(39)31-23(17-26(36)37)18-2-7-21(30)8-3-18/h2-11,16,23H,12-15,17H2,1H3,(H,31,39)(H,32,38)(H,36,37). The molecule has 1 aliphatic rings. The number of non-ortho nitro benzene ring substituents is 1. The molecule has 0 radical (unpaired) electrons. The normalized spacial score (nSPS) is 13.5. The van der Waals surface area contributed by atoms with Crippen LogP contribution in [0.5, 0.6) is 0 Å². The van der Waals surface area contributed by atoms with Gasteiger partial charge in [0.1, 0.15) is 5.82 Å². The molecule has 1 unspecified atom stereocenters. The van der Waals surface area contributed by atoms with Gasteiger partial charge in [0.15, 0.2) is 0 Å². The predicted octanol–water partition coefficient (Wildman–Crippen LogP) is 3.82. The maximum Gasteiger partial charge on any atom is 0.409 e. The molecule has 0 aliphatic carbocycles. The van der Waals surface area contributed by atoms with E-state index in [0.717, 1.165) is 12.1 Å². The summed E-state index contributed by atoms with van der Waals surface area (Å²) >= 11 is 0. The van der Waals surface area contributed by atoms with E-state index >= 15 is 0 Å². The summed E-state index contributed by atoms with van der Waals surface area (Å²) < 4.78 is 18.2. The number of hydrogen-bond donors (Lipinski definition) is 3. The van der Waals surface area contributed by atoms with Gasteiger partial charge >= 0.3 is 12.1 Å². The molecular formula is C29H28FN5O8. The molecule has 0 bridgehead atoms. The van der Waals surface area contributed by atoms with E-state index in [1.165, 1.54) is 60.5 Å². The largest absolute Gasteiger partial charge is 0.481 e. The number of aliphatic carboxylic acids is 1. The van der Waals surface area contributed by atoms with Crippen molar-refractivity contribution in [3.05, 3.63) is 99.4 Å². The summed E-state index contributed by atoms with van der Waals surface area (Å²) in [5, 5.41) is 25.8. The molecule has 224 valence electrons. The lowest BCUT2D eigenvalue weighted by Crippen LogP contribution is -2.49. The Hall–Kier alpha value is -5.53. The molecule has 43 heavy (non-hydrogen) atoms. The van der Waals surface area contributed by atoms with Crippen LogP contribution in [-0.2, 0) is 9.53 Å². The molecule has 14 heteroatoms. The second-order valence-corrected chi connectivity index (χ2v) is 9.61. The number of piperazine rings is 1. The molecule has 1 saturated heterocycles. The third kappa shape index (κ3) is 7.61. The van der Waals surface area contributed by atoms with Gasteiger partial charge in [0.25, 0.3) is 17.5 Å². The van der Waals surface area contributed by atoms with E-state index in [9.17, 15) is 38.8 Å². The molecule has 3 aromatic carbocycles. The number of halogens is 1. The van der Waals surface area contributed by atoms with Gasteiger partial charge in [-0.2, -0.15) is 0 Å². The van der Waals surface area contributed by atoms with E-state index in [1.807, 2.05) is 4.90 Å². The number of carboxylic acid groups (broad SMARTS) is 1. The number of nitrogens with one attached hydrogen (secondary N) is 2. The van der Waals surface area contributed by atoms with E-state index in [0.29, 0.717) is 37.4 Å². The van der Waals surface area contributed by atoms with Crippen molar-refractivity contribution in [1.29, 1.82) is 0 Å². The van der Waals surface area contributed by atoms with Gasteiger partial charge < -0.3 is 30.3 Å². The fourth-order valence-corrected chi connectivity index (χ4v) is 4.60. The predicted molar refractivity (Wildman–Crippen MR) is 153 cm³/mol. The molecule has 1 fully saturated rings. The number of carbonyl (C=O) groups excluding carboxylic acids is 3. The third-order valence-corrected chi connectivity index (χ3v) is 6.86. The quantitative estimate of drug-likeness (QED) is 0.246. The van der Waals surface area contributed by atoms with Gasteiger partial charge in [-0.15, -0.1) is 0 Å². The highest BCUT2D eigenvalue weighted by Crippen LogP contribution is 2.30. The zero-order valence-corrected chi connectivity index (χ0v) is 23.0. The number of methoxy groups -OCH3 is 1. The highest BCUT2D eigenvalue weighted by atomic mass is 19.1. The number of nitro benzene ring substituents is 1. The lowest BCUT2D eigenvalue weighted by molar-refractivity contribution is -0.384. The van der Waals surface area contributed by atoms with Crippen LogP contribution in [0.15, 0.2) is 66.7 Å². The van der Waals surface area contributed by atoms with Gasteiger partial charge in [-0.05, 0) is 48.0 Å². The van der Waals surface area contributed by atoms with Gasteiger partial charge in [-0.1, -0.05) is 12.1 Å². The number of anilines is 2. The van der Waals surface area contributed by atoms with Gasteiger partial charge in [-0.3, -0.25) is 24.5 Å². The number of hydrogen-bond acceptors (Lipinski definition) is 8. The van der Waals surface area contributed by atoms with E-state index in [1.54, 1.807) is 6.07 Å². The van der Waals surface area contributed by atoms with Crippen molar-refractivity contribution < 1.29 is 38.3 Å². The smallest absolute Gasteiger partial charge is 0.409 e. The first kappa shape index (κ1) is 30.4. The van der Waals surface area contributed by atoms with Crippen molar-refractivity contribution in [2.24, 2.45) is 0 Å². The van der Waals surface area contributed by atoms with Crippen molar-refractivity contribution in [2.75, 3.05) is 43.5 Å². The van der Waals surface area contributed by atoms with E-state index in [4.69, 9.17) is 4.74 Å². The van der Waals surface area contributed by atoms with Crippen LogP contribution >= 0.6 is 0 Å². The number of nitro groups is 1. The summed E-state index contributed by atoms with van der Waals surface area (Å²) in [5.41, 5.74) is 1.25. The second kappa shape index (κ2) is 13.4. The zero-order chi connectivity index (χ0) is 31.1. The van der Waals surface area contributed by atoms with E-state index < -0.39 is 47.1 Å². The minimum Gasteiger partial charge on any atom is -0.481 e. The molecule has 0 aromatic heterocycles. The number of amides is 3. The van der Waals surface area contributed by atoms with Crippen LogP contribution < -0.4 is 15.5 Å². The zero-order valence-electron chi connectivity index (χ0n) is 23.0. The van der Waals surface area contributed by atoms with Crippen molar-refractivity contribution in [3.63, 3.8) is 0 Å². The lowest BCUT2D eigenvalue weighted by Gasteiger charge is -2.36. The first-order chi connectivity index (χ1) is 20.5. The van der Waals surface area contributed by atoms with Crippen LogP contribution in [0, 0.1) is 15.9 Å². The summed E-state index contributed by atoms with van der Waals surface area (Å²) in [7, 11) is 1.29. The van der Waals surface area contributed by atoms with Crippen LogP contribution in [0.1, 0.15) is 38.7 Å². The summed E-state index contributed by atoms with van der Waals surface area (Å²) in [6.45, 7) is 1.48. The monoisotopic (exact) mass is 593 g/mol. The Bertz CT molecular complexity index is 1520. The maximum absolute atomic E-state index is 13.4. The summed E-state index contributed by atoms with van der Waals surface area (Å²) in [5.74, 6) is -2.91. The Kier molecular flexibility index (Phi) is 9.50. The minimum atomic E-state index is -1.17. The van der Waals surface area contributed by atoms with Crippen molar-refractivity contribution in [3.8, 4) is 0 Å². The third-order valence-electron chi connectivity index (χ3n) is 6.86. The van der Waals surface area contributed by atoms with Crippen LogP contribution in [0.2, 0.25) is 0 Å². The van der Waals surface area contributed by atoms with Gasteiger partial charge in [0.05, 0.1) is 35.9 Å². The molecule has 1 atom stereocenters. The number of carboxylic acids is 1. The number of rotatable bonds is 9. The maximum atomic E-state index is 13.4. The van der Waals surface area contributed by atoms with Gasteiger partial charge in [-0.25, -0.2) is 9.18 Å². The lowest BCUT2D eigenvalue weighted by atomic mass is 10.0. The Balaban J connectivity index is 1.62. The minimum absolute atomic E-state index is 0.105. The topological polar surface area (TPSA) is 171 Å². The molecule has 1 aliphatic heterocycles. The SMILES string of the molecule is COC(=O)N1CCN(c2ccc(C(=O)NC(CC(=O)O)c3ccc(F)cc3)cc2NC(=O)c2ccc([N+](=O)[O-])cc2)CC1. The summed E-state index contributed by atoms with van der Waals surface area (Å²) in [4.78, 5) is 63.7. The molecule has 0 spiro atoms. The van der Waals surface area contributed by atoms with Crippen LogP contribution in [0.3, 0.4) is 0 Å². The Morgan fingerprint density at radius 2 is 1.58 bits per heavy atom. The first-order valence-electron chi connectivity index (χ1n) is 13.1. The van der Waals surface area contributed by atoms with Crippen molar-refractivity contribution in [2.45, 2.75) is 12.5 Å². The molecule has 4 rings (SSSR count). The van der Waals surface area contributed by atoms with E-state index in [-0.39, 0.29) is 22.5 Å². The fraction of sp³-hybridized carbons (Fsp3) is 0.241. The van der Waals surface area contributed by atoms with Crippen molar-refractivity contribution in [1.82, 2.24) is 10.2 Å². The van der Waals surface area contributed by atoms with Crippen LogP contribution in [0.25, 0.3) is 0 Å². The van der Waals surface area contributed by atoms with Crippen molar-refractivity contribution >= 4 is 40.9 Å². The fourth-order valence-electron chi connectivity index (χ4n) is 4.60. The van der Waals surface area contributed by atoms with Crippen LogP contribution in [0.4, 0.5) is 26.2 Å². The average molecular weight is 594 g/mol. The van der Waals surface area contributed by atoms with Crippen LogP contribution in [-0.4, -0.2) is 72.1 Å². The molecule has 1 heterocycles. The molecule has 3 N–H and O–H groups in total. The Labute approximate surface area is 245 Å². The van der Waals surface area contributed by atoms with Gasteiger partial charge in [0.2, 0.25) is 0 Å². The molecule has 0 saturated carbocycles. The number of benzene rings is 3. The molecule has 3 aromatic rings. The first-order valence-corrected chi connectivity index (χ1v) is 13.1. The average Bonchev–Trinajstić information content (AvgIpc) is 3.00. The molecule has 13 nitrogen and oxygen atoms in total. The number of ether oxygens (including phenoxy) is 1. The highest BCUT2D eigenvalue weighted by molar-refractivity contribution is 6.07. The number of nitrogens with zero attached hydrogens (tertiary/aromatic N) is 3. The Morgan fingerprint density at radius 1 is 0.953 bits per heavy atom. The summed E-state index contributed by atoms with van der Waals surface area (Å²) in [6, 6.07) is 13.7. The summed E-state index contributed by atoms with van der Waals surface area (Å²) in [6.07, 6.45) is -0.917. The second-order valence-electron chi connectivity index (χ2n) is 9.61. The van der Waals surface area contributed by atoms with E-state index in [2.05, 4.69) is 10.6 Å². The number of carbonyl (C=O) groups is 4. The highest BCUT2D eigenvalue weighted by Gasteiger charge is 2.25. The Morgan fingerprint density at radius 3 is 2.16 bits per heavy atom. The molecule has 3 amide bonds. The van der Waals surface area contributed by atoms with Gasteiger partial charge in [0, 0.05) is 49.4 Å².